The van der Waals surface area contributed by atoms with Gasteiger partial charge in [-0.25, -0.2) is 9.97 Å². The minimum Gasteiger partial charge on any atom is -0.455 e. The lowest BCUT2D eigenvalue weighted by atomic mass is 10.0. The third-order valence-corrected chi connectivity index (χ3v) is 9.80. The van der Waals surface area contributed by atoms with E-state index in [-0.39, 0.29) is 0 Å². The summed E-state index contributed by atoms with van der Waals surface area (Å²) in [6.45, 7) is 0. The van der Waals surface area contributed by atoms with Gasteiger partial charge in [0.05, 0.1) is 15.9 Å². The van der Waals surface area contributed by atoms with E-state index in [0.29, 0.717) is 5.82 Å². The smallest absolute Gasteiger partial charge is 0.160 e. The standard InChI is InChI=1S/C38H20N2OS/c1-2-8-22(9-3-1)34-37-35(28-12-4-5-15-31(28)42-37)40-38(39-34)23-16-17-24-27-19-18-26-25-13-6-10-21-11-7-14-29(32(21)25)33(26)36(27)41-30(24)20-23/h1-20H. The van der Waals surface area contributed by atoms with Crippen LogP contribution in [0.3, 0.4) is 0 Å². The molecule has 0 aliphatic heterocycles. The molecule has 0 N–H and O–H groups in total. The van der Waals surface area contributed by atoms with Gasteiger partial charge in [-0.3, -0.25) is 0 Å². The highest BCUT2D eigenvalue weighted by molar-refractivity contribution is 7.26. The summed E-state index contributed by atoms with van der Waals surface area (Å²) in [5.74, 6) is 0.703. The number of thiophene rings is 1. The molecule has 10 rings (SSSR count). The van der Waals surface area contributed by atoms with Crippen LogP contribution in [-0.4, -0.2) is 9.97 Å². The topological polar surface area (TPSA) is 38.9 Å². The molecule has 0 saturated heterocycles. The number of hydrogen-bond acceptors (Lipinski definition) is 4. The van der Waals surface area contributed by atoms with Crippen LogP contribution in [0.25, 0.3) is 97.9 Å². The van der Waals surface area contributed by atoms with Crippen molar-refractivity contribution >= 4 is 64.4 Å². The van der Waals surface area contributed by atoms with E-state index in [2.05, 4.69) is 115 Å². The van der Waals surface area contributed by atoms with Crippen molar-refractivity contribution in [3.8, 4) is 44.9 Å². The third kappa shape index (κ3) is 2.94. The molecular weight excluding hydrogens is 532 g/mol. The van der Waals surface area contributed by atoms with E-state index >= 15 is 0 Å². The average Bonchev–Trinajstić information content (AvgIpc) is 3.71. The van der Waals surface area contributed by atoms with Gasteiger partial charge in [-0.05, 0) is 51.7 Å². The van der Waals surface area contributed by atoms with Gasteiger partial charge in [-0.1, -0.05) is 97.1 Å². The molecule has 9 aromatic rings. The minimum atomic E-state index is 0.703. The van der Waals surface area contributed by atoms with Gasteiger partial charge in [0.15, 0.2) is 5.82 Å². The number of hydrogen-bond donors (Lipinski definition) is 0. The van der Waals surface area contributed by atoms with E-state index in [1.807, 2.05) is 6.07 Å². The second kappa shape index (κ2) is 8.12. The Balaban J connectivity index is 1.22. The van der Waals surface area contributed by atoms with E-state index in [9.17, 15) is 0 Å². The molecule has 0 bridgehead atoms. The van der Waals surface area contributed by atoms with Gasteiger partial charge in [0, 0.05) is 37.5 Å². The second-order valence-electron chi connectivity index (χ2n) is 10.9. The molecule has 3 aromatic heterocycles. The Labute approximate surface area is 244 Å². The number of aromatic nitrogens is 2. The lowest BCUT2D eigenvalue weighted by Gasteiger charge is -2.07. The van der Waals surface area contributed by atoms with Crippen LogP contribution in [0.15, 0.2) is 126 Å². The van der Waals surface area contributed by atoms with Crippen LogP contribution < -0.4 is 0 Å². The van der Waals surface area contributed by atoms with Gasteiger partial charge in [0.25, 0.3) is 0 Å². The van der Waals surface area contributed by atoms with Crippen LogP contribution in [0.4, 0.5) is 0 Å². The van der Waals surface area contributed by atoms with Crippen molar-refractivity contribution in [3.63, 3.8) is 0 Å². The molecule has 6 aromatic carbocycles. The summed E-state index contributed by atoms with van der Waals surface area (Å²) in [7, 11) is 0. The first-order chi connectivity index (χ1) is 20.8. The van der Waals surface area contributed by atoms with Crippen molar-refractivity contribution in [2.75, 3.05) is 0 Å². The first-order valence-corrected chi connectivity index (χ1v) is 14.9. The molecule has 194 valence electrons. The van der Waals surface area contributed by atoms with Gasteiger partial charge < -0.3 is 4.42 Å². The first-order valence-electron chi connectivity index (χ1n) is 14.1. The Kier molecular flexibility index (Phi) is 4.33. The Bertz CT molecular complexity index is 2570. The summed E-state index contributed by atoms with van der Waals surface area (Å²) in [6.07, 6.45) is 0. The highest BCUT2D eigenvalue weighted by atomic mass is 32.1. The predicted molar refractivity (Wildman–Crippen MR) is 175 cm³/mol. The van der Waals surface area contributed by atoms with E-state index in [0.717, 1.165) is 54.4 Å². The van der Waals surface area contributed by atoms with Crippen molar-refractivity contribution in [2.24, 2.45) is 0 Å². The molecule has 0 fully saturated rings. The summed E-state index contributed by atoms with van der Waals surface area (Å²) in [4.78, 5) is 10.3. The lowest BCUT2D eigenvalue weighted by Crippen LogP contribution is -1.93. The largest absolute Gasteiger partial charge is 0.455 e. The number of nitrogens with zero attached hydrogens (tertiary/aromatic N) is 2. The monoisotopic (exact) mass is 552 g/mol. The van der Waals surface area contributed by atoms with E-state index < -0.39 is 0 Å². The molecule has 3 nitrogen and oxygen atoms in total. The first kappa shape index (κ1) is 22.4. The molecule has 4 heteroatoms. The molecule has 0 spiro atoms. The van der Waals surface area contributed by atoms with Gasteiger partial charge >= 0.3 is 0 Å². The van der Waals surface area contributed by atoms with Crippen molar-refractivity contribution in [1.82, 2.24) is 9.97 Å². The Morgan fingerprint density at radius 3 is 2.29 bits per heavy atom. The fourth-order valence-electron chi connectivity index (χ4n) is 6.76. The minimum absolute atomic E-state index is 0.703. The molecule has 0 amide bonds. The zero-order valence-corrected chi connectivity index (χ0v) is 23.1. The highest BCUT2D eigenvalue weighted by Gasteiger charge is 2.26. The van der Waals surface area contributed by atoms with Crippen molar-refractivity contribution in [2.45, 2.75) is 0 Å². The van der Waals surface area contributed by atoms with E-state index in [4.69, 9.17) is 14.4 Å². The Morgan fingerprint density at radius 1 is 0.571 bits per heavy atom. The van der Waals surface area contributed by atoms with Crippen LogP contribution in [0.5, 0.6) is 0 Å². The lowest BCUT2D eigenvalue weighted by molar-refractivity contribution is 0.670. The zero-order valence-electron chi connectivity index (χ0n) is 22.3. The highest BCUT2D eigenvalue weighted by Crippen LogP contribution is 2.51. The molecule has 3 heterocycles. The number of benzene rings is 6. The molecule has 0 unspecified atom stereocenters. The maximum Gasteiger partial charge on any atom is 0.160 e. The average molecular weight is 553 g/mol. The van der Waals surface area contributed by atoms with Crippen molar-refractivity contribution in [1.29, 1.82) is 0 Å². The van der Waals surface area contributed by atoms with Gasteiger partial charge in [0.2, 0.25) is 0 Å². The molecule has 1 aliphatic carbocycles. The fraction of sp³-hybridized carbons (Fsp3) is 0. The molecular formula is C38H20N2OS. The summed E-state index contributed by atoms with van der Waals surface area (Å²) >= 11 is 1.75. The number of fused-ring (bicyclic) bond motifs is 10. The summed E-state index contributed by atoms with van der Waals surface area (Å²) in [5, 5.41) is 5.96. The van der Waals surface area contributed by atoms with Gasteiger partial charge in [-0.15, -0.1) is 11.3 Å². The zero-order chi connectivity index (χ0) is 27.4. The number of furan rings is 1. The molecule has 0 radical (unpaired) electrons. The van der Waals surface area contributed by atoms with Crippen LogP contribution >= 0.6 is 11.3 Å². The Morgan fingerprint density at radius 2 is 1.38 bits per heavy atom. The SMILES string of the molecule is c1ccc(-c2nc(-c3ccc4c(c3)oc3c5c(ccc34)-c3cccc4cccc-5c34)nc3c2sc2ccccc23)cc1. The normalized spacial score (nSPS) is 12.3. The van der Waals surface area contributed by atoms with E-state index in [1.165, 1.54) is 37.7 Å². The van der Waals surface area contributed by atoms with Gasteiger partial charge in [0.1, 0.15) is 11.2 Å². The third-order valence-electron chi connectivity index (χ3n) is 8.63. The maximum atomic E-state index is 6.72. The van der Waals surface area contributed by atoms with Crippen LogP contribution in [0.1, 0.15) is 0 Å². The van der Waals surface area contributed by atoms with Crippen LogP contribution in [-0.2, 0) is 0 Å². The van der Waals surface area contributed by atoms with Crippen molar-refractivity contribution in [3.05, 3.63) is 121 Å². The van der Waals surface area contributed by atoms with Gasteiger partial charge in [-0.2, -0.15) is 0 Å². The van der Waals surface area contributed by atoms with Crippen LogP contribution in [0.2, 0.25) is 0 Å². The summed E-state index contributed by atoms with van der Waals surface area (Å²) in [6, 6.07) is 42.8. The quantitative estimate of drug-likeness (QED) is 0.214. The van der Waals surface area contributed by atoms with Crippen molar-refractivity contribution < 1.29 is 4.42 Å². The van der Waals surface area contributed by atoms with Crippen LogP contribution in [0, 0.1) is 0 Å². The second-order valence-corrected chi connectivity index (χ2v) is 12.0. The summed E-state index contributed by atoms with van der Waals surface area (Å²) < 4.78 is 9.05. The maximum absolute atomic E-state index is 6.72. The molecule has 42 heavy (non-hydrogen) atoms. The molecule has 0 saturated carbocycles. The van der Waals surface area contributed by atoms with E-state index in [1.54, 1.807) is 11.3 Å². The fourth-order valence-corrected chi connectivity index (χ4v) is 7.91. The summed E-state index contributed by atoms with van der Waals surface area (Å²) in [5.41, 5.74) is 10.7. The Hall–Kier alpha value is -5.32. The molecule has 0 atom stereocenters. The molecule has 1 aliphatic rings. The predicted octanol–water partition coefficient (Wildman–Crippen LogP) is 10.9. The number of rotatable bonds is 2.